The molecule has 300 valence electrons. The Morgan fingerprint density at radius 2 is 0.817 bits per heavy atom. The van der Waals surface area contributed by atoms with Crippen molar-refractivity contribution in [1.82, 2.24) is 0 Å². The molecule has 0 bridgehead atoms. The summed E-state index contributed by atoms with van der Waals surface area (Å²) in [5.74, 6) is -0.281. The number of aryl methyl sites for hydroxylation is 2. The van der Waals surface area contributed by atoms with E-state index in [4.69, 9.17) is 4.74 Å². The maximum absolute atomic E-state index is 14.5. The Bertz CT molecular complexity index is 2630. The molecule has 2 heterocycles. The third kappa shape index (κ3) is 6.74. The number of rotatable bonds is 5. The molecule has 0 N–H and O–H groups in total. The highest BCUT2D eigenvalue weighted by atomic mass is 19.4. The number of nitrogens with zero attached hydrogens (tertiary/aromatic N) is 2. The first-order valence-electron chi connectivity index (χ1n) is 20.6. The van der Waals surface area contributed by atoms with Gasteiger partial charge in [-0.25, -0.2) is 0 Å². The van der Waals surface area contributed by atoms with E-state index < -0.39 is 6.36 Å². The highest BCUT2D eigenvalue weighted by Crippen LogP contribution is 2.50. The molecule has 0 saturated heterocycles. The van der Waals surface area contributed by atoms with Gasteiger partial charge in [-0.15, -0.1) is 13.2 Å². The van der Waals surface area contributed by atoms with Crippen LogP contribution < -0.4 is 30.9 Å². The summed E-state index contributed by atoms with van der Waals surface area (Å²) in [6.45, 7) is 17.2. The lowest BCUT2D eigenvalue weighted by atomic mass is 9.33. The van der Waals surface area contributed by atoms with Crippen molar-refractivity contribution in [2.24, 2.45) is 0 Å². The number of hydrogen-bond donors (Lipinski definition) is 0. The van der Waals surface area contributed by atoms with E-state index in [1.165, 1.54) is 11.1 Å². The van der Waals surface area contributed by atoms with Crippen LogP contribution in [-0.4, -0.2) is 13.1 Å². The van der Waals surface area contributed by atoms with Gasteiger partial charge in [0.1, 0.15) is 5.75 Å². The lowest BCUT2D eigenvalue weighted by Gasteiger charge is -2.45. The minimum absolute atomic E-state index is 0.171. The molecule has 0 atom stereocenters. The highest BCUT2D eigenvalue weighted by Gasteiger charge is 2.46. The standard InChI is InChI=1S/C53H48BF3N2O/c1-33-17-9-11-19-38(33)40-21-13-15-23-44(40)58-46-27-25-35(51(3,4)5)29-42(46)54-43-30-36(52(6,7)8)26-28-47(43)59(49-32-37(60-53(55,56)57)31-48(58)50(49)54)45-24-16-14-22-41(45)39-20-12-10-18-34(39)2/h9-32H,1-8H3. The van der Waals surface area contributed by atoms with Crippen molar-refractivity contribution in [1.29, 1.82) is 0 Å². The number of halogens is 3. The zero-order chi connectivity index (χ0) is 42.3. The smallest absolute Gasteiger partial charge is 0.406 e. The van der Waals surface area contributed by atoms with Gasteiger partial charge in [0.15, 0.2) is 0 Å². The maximum atomic E-state index is 14.5. The fourth-order valence-corrected chi connectivity index (χ4v) is 9.17. The van der Waals surface area contributed by atoms with Crippen LogP contribution in [0.5, 0.6) is 5.75 Å². The Balaban J connectivity index is 1.45. The van der Waals surface area contributed by atoms with E-state index in [1.54, 1.807) is 12.1 Å². The van der Waals surface area contributed by atoms with Gasteiger partial charge in [-0.3, -0.25) is 0 Å². The Morgan fingerprint density at radius 3 is 1.20 bits per heavy atom. The van der Waals surface area contributed by atoms with E-state index in [9.17, 15) is 13.2 Å². The van der Waals surface area contributed by atoms with Gasteiger partial charge in [0.05, 0.1) is 11.4 Å². The number of ether oxygens (including phenoxy) is 1. The Hall–Kier alpha value is -6.21. The molecule has 2 aliphatic heterocycles. The SMILES string of the molecule is Cc1ccccc1-c1ccccc1N1c2ccc(C(C)(C)C)cc2B2c3cc(C(C)(C)C)ccc3N(c3ccccc3-c3ccccc3C)c3cc(OC(F)(F)F)cc1c32. The summed E-state index contributed by atoms with van der Waals surface area (Å²) in [5, 5.41) is 0. The van der Waals surface area contributed by atoms with Crippen LogP contribution in [0.15, 0.2) is 146 Å². The molecular weight excluding hydrogens is 748 g/mol. The minimum atomic E-state index is -4.92. The number of alkyl halides is 3. The van der Waals surface area contributed by atoms with E-state index in [1.807, 2.05) is 48.5 Å². The second-order valence-electron chi connectivity index (χ2n) is 18.2. The zero-order valence-corrected chi connectivity index (χ0v) is 35.4. The van der Waals surface area contributed by atoms with Crippen LogP contribution >= 0.6 is 0 Å². The van der Waals surface area contributed by atoms with Crippen LogP contribution in [0.3, 0.4) is 0 Å². The lowest BCUT2D eigenvalue weighted by molar-refractivity contribution is -0.274. The Kier molecular flexibility index (Phi) is 9.31. The molecule has 0 unspecified atom stereocenters. The van der Waals surface area contributed by atoms with Gasteiger partial charge < -0.3 is 14.5 Å². The normalized spacial score (nSPS) is 13.5. The highest BCUT2D eigenvalue weighted by molar-refractivity contribution is 7.00. The van der Waals surface area contributed by atoms with Crippen LogP contribution in [0.25, 0.3) is 22.3 Å². The maximum Gasteiger partial charge on any atom is 0.573 e. The summed E-state index contributed by atoms with van der Waals surface area (Å²) in [5.41, 5.74) is 16.2. The first kappa shape index (κ1) is 39.3. The largest absolute Gasteiger partial charge is 0.573 e. The van der Waals surface area contributed by atoms with Crippen molar-refractivity contribution < 1.29 is 17.9 Å². The number of hydrogen-bond acceptors (Lipinski definition) is 3. The summed E-state index contributed by atoms with van der Waals surface area (Å²) in [6, 6.07) is 49.5. The second kappa shape index (κ2) is 14.2. The molecule has 7 heteroatoms. The van der Waals surface area contributed by atoms with Gasteiger partial charge >= 0.3 is 6.36 Å². The van der Waals surface area contributed by atoms with Crippen LogP contribution in [0.4, 0.5) is 47.3 Å². The summed E-state index contributed by atoms with van der Waals surface area (Å²) in [7, 11) is 0. The van der Waals surface area contributed by atoms with E-state index in [0.29, 0.717) is 11.4 Å². The number of benzene rings is 7. The molecule has 0 aliphatic carbocycles. The molecule has 9 rings (SSSR count). The summed E-state index contributed by atoms with van der Waals surface area (Å²) in [6.07, 6.45) is -4.92. The van der Waals surface area contributed by atoms with Crippen LogP contribution in [0.1, 0.15) is 63.8 Å². The molecule has 0 saturated carbocycles. The third-order valence-corrected chi connectivity index (χ3v) is 12.2. The van der Waals surface area contributed by atoms with Crippen molar-refractivity contribution >= 4 is 57.2 Å². The van der Waals surface area contributed by atoms with Gasteiger partial charge in [-0.05, 0) is 98.7 Å². The van der Waals surface area contributed by atoms with Crippen LogP contribution in [0.2, 0.25) is 0 Å². The Morgan fingerprint density at radius 1 is 0.433 bits per heavy atom. The van der Waals surface area contributed by atoms with Gasteiger partial charge in [-0.2, -0.15) is 0 Å². The molecule has 7 aromatic carbocycles. The summed E-state index contributed by atoms with van der Waals surface area (Å²) in [4.78, 5) is 4.35. The molecule has 7 aromatic rings. The topological polar surface area (TPSA) is 15.7 Å². The van der Waals surface area contributed by atoms with E-state index >= 15 is 0 Å². The molecule has 0 radical (unpaired) electrons. The van der Waals surface area contributed by atoms with Crippen molar-refractivity contribution in [2.75, 3.05) is 9.80 Å². The Labute approximate surface area is 352 Å². The van der Waals surface area contributed by atoms with Crippen LogP contribution in [0, 0.1) is 13.8 Å². The third-order valence-electron chi connectivity index (χ3n) is 12.2. The van der Waals surface area contributed by atoms with Gasteiger partial charge in [0.25, 0.3) is 6.71 Å². The second-order valence-corrected chi connectivity index (χ2v) is 18.2. The monoisotopic (exact) mass is 796 g/mol. The summed E-state index contributed by atoms with van der Waals surface area (Å²) < 4.78 is 48.6. The molecule has 0 aromatic heterocycles. The predicted octanol–water partition coefficient (Wildman–Crippen LogP) is 13.2. The molecular formula is C53H48BF3N2O. The minimum Gasteiger partial charge on any atom is -0.406 e. The van der Waals surface area contributed by atoms with Crippen molar-refractivity contribution in [2.45, 2.75) is 72.6 Å². The van der Waals surface area contributed by atoms with Crippen molar-refractivity contribution in [3.05, 3.63) is 168 Å². The van der Waals surface area contributed by atoms with Crippen molar-refractivity contribution in [3.8, 4) is 28.0 Å². The molecule has 60 heavy (non-hydrogen) atoms. The fraction of sp³-hybridized carbons (Fsp3) is 0.208. The number of para-hydroxylation sites is 2. The van der Waals surface area contributed by atoms with Gasteiger partial charge in [-0.1, -0.05) is 151 Å². The first-order chi connectivity index (χ1) is 28.5. The molecule has 0 amide bonds. The molecule has 0 fully saturated rings. The quantitative estimate of drug-likeness (QED) is 0.161. The number of fused-ring (bicyclic) bond motifs is 4. The van der Waals surface area contributed by atoms with E-state index in [0.717, 1.165) is 72.5 Å². The average molecular weight is 797 g/mol. The predicted molar refractivity (Wildman–Crippen MR) is 245 cm³/mol. The van der Waals surface area contributed by atoms with E-state index in [-0.39, 0.29) is 23.3 Å². The van der Waals surface area contributed by atoms with E-state index in [2.05, 4.69) is 150 Å². The average Bonchev–Trinajstić information content (AvgIpc) is 3.19. The lowest BCUT2D eigenvalue weighted by Crippen LogP contribution is -2.61. The zero-order valence-electron chi connectivity index (χ0n) is 35.4. The van der Waals surface area contributed by atoms with Crippen LogP contribution in [-0.2, 0) is 10.8 Å². The number of anilines is 6. The molecule has 3 nitrogen and oxygen atoms in total. The van der Waals surface area contributed by atoms with Crippen molar-refractivity contribution in [3.63, 3.8) is 0 Å². The van der Waals surface area contributed by atoms with Gasteiger partial charge in [0.2, 0.25) is 0 Å². The molecule has 2 aliphatic rings. The first-order valence-corrected chi connectivity index (χ1v) is 20.6. The fourth-order valence-electron chi connectivity index (χ4n) is 9.17. The molecule has 0 spiro atoms. The summed E-state index contributed by atoms with van der Waals surface area (Å²) >= 11 is 0. The van der Waals surface area contributed by atoms with Gasteiger partial charge in [0, 0.05) is 46.0 Å².